The molecule has 0 aliphatic carbocycles. The highest BCUT2D eigenvalue weighted by Crippen LogP contribution is 2.31. The number of hydrogen-bond acceptors (Lipinski definition) is 6. The van der Waals surface area contributed by atoms with E-state index < -0.39 is 23.7 Å². The van der Waals surface area contributed by atoms with Crippen LogP contribution in [0.4, 0.5) is 10.1 Å². The second-order valence-corrected chi connectivity index (χ2v) is 11.3. The summed E-state index contributed by atoms with van der Waals surface area (Å²) in [6.45, 7) is 1.92. The first-order valence-corrected chi connectivity index (χ1v) is 14.8. The molecule has 1 amide bonds. The van der Waals surface area contributed by atoms with Crippen LogP contribution in [0.3, 0.4) is 0 Å². The molecule has 1 atom stereocenters. The first-order valence-electron chi connectivity index (χ1n) is 14.0. The quantitative estimate of drug-likeness (QED) is 0.245. The summed E-state index contributed by atoms with van der Waals surface area (Å²) in [4.78, 5) is 43.8. The summed E-state index contributed by atoms with van der Waals surface area (Å²) in [6, 6.07) is 27.6. The molecule has 4 aromatic carbocycles. The Kier molecular flexibility index (Phi) is 8.22. The zero-order valence-corrected chi connectivity index (χ0v) is 24.8. The molecule has 8 nitrogen and oxygen atoms in total. The van der Waals surface area contributed by atoms with Crippen LogP contribution in [0.25, 0.3) is 6.08 Å². The number of allylic oxidation sites excluding steroid dienone is 1. The van der Waals surface area contributed by atoms with Gasteiger partial charge in [-0.15, -0.1) is 0 Å². The van der Waals surface area contributed by atoms with Crippen LogP contribution in [0.1, 0.15) is 40.0 Å². The number of anilines is 1. The number of fused-ring (bicyclic) bond motifs is 1. The fraction of sp³-hybridized carbons (Fsp3) is 0.0857. The standard InChI is InChI=1S/C35H26FN3O5S/c1-21-30(32(40)38-27-8-3-2-4-9-27)31(24-12-14-26(36)15-13-24)39-33(41)29(45-35(39)37-21)19-22-10-16-28(17-11-22)44-20-23-6-5-7-25(18-23)34(42)43/h2-19,31H,20H2,1H3,(H,38,40)(H,42,43)/b29-19-/t31-/m0/s1. The molecule has 2 heterocycles. The second-order valence-electron chi connectivity index (χ2n) is 10.3. The maximum atomic E-state index is 13.9. The van der Waals surface area contributed by atoms with E-state index in [-0.39, 0.29) is 17.7 Å². The number of rotatable bonds is 8. The lowest BCUT2D eigenvalue weighted by molar-refractivity contribution is -0.113. The van der Waals surface area contributed by atoms with Crippen molar-refractivity contribution in [1.82, 2.24) is 4.57 Å². The number of ether oxygens (including phenoxy) is 1. The molecular weight excluding hydrogens is 593 g/mol. The normalized spacial score (nSPS) is 14.4. The van der Waals surface area contributed by atoms with Crippen LogP contribution in [-0.4, -0.2) is 21.6 Å². The highest BCUT2D eigenvalue weighted by atomic mass is 32.1. The maximum Gasteiger partial charge on any atom is 0.335 e. The summed E-state index contributed by atoms with van der Waals surface area (Å²) in [6.07, 6.45) is 1.74. The molecule has 0 unspecified atom stereocenters. The van der Waals surface area contributed by atoms with Gasteiger partial charge in [0.15, 0.2) is 4.80 Å². The van der Waals surface area contributed by atoms with Crippen LogP contribution < -0.4 is 24.9 Å². The summed E-state index contributed by atoms with van der Waals surface area (Å²) >= 11 is 1.20. The van der Waals surface area contributed by atoms with Gasteiger partial charge in [0.25, 0.3) is 11.5 Å². The smallest absolute Gasteiger partial charge is 0.335 e. The van der Waals surface area contributed by atoms with Crippen LogP contribution in [0, 0.1) is 5.82 Å². The largest absolute Gasteiger partial charge is 0.489 e. The molecule has 5 aromatic rings. The Labute approximate surface area is 260 Å². The lowest BCUT2D eigenvalue weighted by atomic mass is 9.95. The lowest BCUT2D eigenvalue weighted by Crippen LogP contribution is -2.40. The van der Waals surface area contributed by atoms with Crippen molar-refractivity contribution in [1.29, 1.82) is 0 Å². The van der Waals surface area contributed by atoms with Crippen LogP contribution in [-0.2, 0) is 11.4 Å². The summed E-state index contributed by atoms with van der Waals surface area (Å²) in [5.41, 5.74) is 3.25. The number of carbonyl (C=O) groups excluding carboxylic acids is 1. The van der Waals surface area contributed by atoms with E-state index in [1.54, 1.807) is 67.6 Å². The van der Waals surface area contributed by atoms with Crippen LogP contribution in [0.15, 0.2) is 124 Å². The van der Waals surface area contributed by atoms with Crippen molar-refractivity contribution in [2.45, 2.75) is 19.6 Å². The third kappa shape index (κ3) is 6.36. The number of halogens is 1. The third-order valence-electron chi connectivity index (χ3n) is 7.24. The molecule has 0 radical (unpaired) electrons. The molecule has 0 fully saturated rings. The molecular formula is C35H26FN3O5S. The lowest BCUT2D eigenvalue weighted by Gasteiger charge is -2.25. The number of para-hydroxylation sites is 1. The Hall–Kier alpha value is -5.61. The number of benzene rings is 4. The van der Waals surface area contributed by atoms with E-state index in [4.69, 9.17) is 4.74 Å². The Balaban J connectivity index is 1.31. The predicted octanol–water partition coefficient (Wildman–Crippen LogP) is 5.29. The van der Waals surface area contributed by atoms with Gasteiger partial charge in [-0.2, -0.15) is 0 Å². The van der Waals surface area contributed by atoms with Gasteiger partial charge in [-0.25, -0.2) is 14.2 Å². The van der Waals surface area contributed by atoms with Gasteiger partial charge < -0.3 is 15.2 Å². The zero-order chi connectivity index (χ0) is 31.5. The molecule has 0 spiro atoms. The van der Waals surface area contributed by atoms with Crippen molar-refractivity contribution in [3.8, 4) is 5.75 Å². The zero-order valence-electron chi connectivity index (χ0n) is 23.9. The highest BCUT2D eigenvalue weighted by molar-refractivity contribution is 7.07. The first kappa shape index (κ1) is 29.5. The number of thiazole rings is 1. The average Bonchev–Trinajstić information content (AvgIpc) is 3.34. The summed E-state index contributed by atoms with van der Waals surface area (Å²) < 4.78 is 21.6. The molecule has 1 aliphatic heterocycles. The topological polar surface area (TPSA) is 110 Å². The first-order chi connectivity index (χ1) is 21.8. The maximum absolute atomic E-state index is 13.9. The summed E-state index contributed by atoms with van der Waals surface area (Å²) in [5, 5.41) is 12.1. The summed E-state index contributed by atoms with van der Waals surface area (Å²) in [5.74, 6) is -1.26. The molecule has 2 N–H and O–H groups in total. The van der Waals surface area contributed by atoms with Gasteiger partial charge in [0, 0.05) is 5.69 Å². The van der Waals surface area contributed by atoms with Crippen molar-refractivity contribution in [2.75, 3.05) is 5.32 Å². The minimum absolute atomic E-state index is 0.189. The number of carboxylic acids is 1. The number of nitrogens with one attached hydrogen (secondary N) is 1. The van der Waals surface area contributed by atoms with Gasteiger partial charge in [0.2, 0.25) is 0 Å². The number of hydrogen-bond donors (Lipinski definition) is 2. The fourth-order valence-electron chi connectivity index (χ4n) is 5.06. The number of carbonyl (C=O) groups is 2. The molecule has 45 heavy (non-hydrogen) atoms. The Morgan fingerprint density at radius 3 is 2.44 bits per heavy atom. The van der Waals surface area contributed by atoms with Crippen molar-refractivity contribution in [2.24, 2.45) is 4.99 Å². The minimum Gasteiger partial charge on any atom is -0.489 e. The number of aromatic carboxylic acids is 1. The van der Waals surface area contributed by atoms with Crippen LogP contribution in [0.5, 0.6) is 5.75 Å². The fourth-order valence-corrected chi connectivity index (χ4v) is 6.11. The highest BCUT2D eigenvalue weighted by Gasteiger charge is 2.32. The monoisotopic (exact) mass is 619 g/mol. The van der Waals surface area contributed by atoms with E-state index in [1.807, 2.05) is 30.3 Å². The van der Waals surface area contributed by atoms with Gasteiger partial charge in [-0.3, -0.25) is 14.2 Å². The van der Waals surface area contributed by atoms with Crippen LogP contribution in [0.2, 0.25) is 0 Å². The molecule has 0 saturated heterocycles. The van der Waals surface area contributed by atoms with Crippen LogP contribution >= 0.6 is 11.3 Å². The second kappa shape index (κ2) is 12.6. The Morgan fingerprint density at radius 2 is 1.73 bits per heavy atom. The van der Waals surface area contributed by atoms with Gasteiger partial charge in [0.1, 0.15) is 18.2 Å². The van der Waals surface area contributed by atoms with E-state index in [0.717, 1.165) is 11.1 Å². The number of aromatic nitrogens is 1. The Morgan fingerprint density at radius 1 is 1.00 bits per heavy atom. The molecule has 1 aliphatic rings. The van der Waals surface area contributed by atoms with E-state index in [9.17, 15) is 23.9 Å². The third-order valence-corrected chi connectivity index (χ3v) is 8.22. The van der Waals surface area contributed by atoms with Crippen molar-refractivity contribution in [3.63, 3.8) is 0 Å². The molecule has 1 aromatic heterocycles. The van der Waals surface area contributed by atoms with Crippen molar-refractivity contribution >= 4 is 35.0 Å². The van der Waals surface area contributed by atoms with Crippen molar-refractivity contribution < 1.29 is 23.8 Å². The molecule has 10 heteroatoms. The molecule has 0 saturated carbocycles. The molecule has 224 valence electrons. The van der Waals surface area contributed by atoms with Gasteiger partial charge >= 0.3 is 5.97 Å². The number of carboxylic acid groups (broad SMARTS) is 1. The van der Waals surface area contributed by atoms with E-state index >= 15 is 0 Å². The number of nitrogens with zero attached hydrogens (tertiary/aromatic N) is 2. The van der Waals surface area contributed by atoms with Gasteiger partial charge in [-0.1, -0.05) is 65.9 Å². The van der Waals surface area contributed by atoms with E-state index in [1.165, 1.54) is 34.1 Å². The van der Waals surface area contributed by atoms with Gasteiger partial charge in [-0.05, 0) is 78.2 Å². The van der Waals surface area contributed by atoms with E-state index in [2.05, 4.69) is 10.3 Å². The molecule has 6 rings (SSSR count). The summed E-state index contributed by atoms with van der Waals surface area (Å²) in [7, 11) is 0. The Bertz CT molecular complexity index is 2120. The number of amides is 1. The van der Waals surface area contributed by atoms with Gasteiger partial charge in [0.05, 0.1) is 27.4 Å². The molecule has 0 bridgehead atoms. The minimum atomic E-state index is -1.00. The van der Waals surface area contributed by atoms with E-state index in [0.29, 0.717) is 37.6 Å². The average molecular weight is 620 g/mol. The SMILES string of the molecule is CC1=C(C(=O)Nc2ccccc2)[C@H](c2ccc(F)cc2)n2c(s/c(=C\c3ccc(OCc4cccc(C(=O)O)c4)cc3)c2=O)=N1. The van der Waals surface area contributed by atoms with Crippen molar-refractivity contribution in [3.05, 3.63) is 162 Å². The predicted molar refractivity (Wildman–Crippen MR) is 169 cm³/mol.